The van der Waals surface area contributed by atoms with E-state index in [-0.39, 0.29) is 0 Å². The second-order valence-corrected chi connectivity index (χ2v) is 4.65. The molecule has 2 N–H and O–H groups in total. The van der Waals surface area contributed by atoms with Crippen molar-refractivity contribution in [2.45, 2.75) is 38.6 Å². The molecule has 1 fully saturated rings. The Bertz CT molecular complexity index is 396. The largest absolute Gasteiger partial charge is 0.341 e. The number of hydrogen-bond acceptors (Lipinski definition) is 4. The molecule has 0 amide bonds. The minimum Gasteiger partial charge on any atom is -0.341 e. The van der Waals surface area contributed by atoms with Gasteiger partial charge in [-0.05, 0) is 37.7 Å². The van der Waals surface area contributed by atoms with Gasteiger partial charge in [-0.15, -0.1) is 0 Å². The maximum Gasteiger partial charge on any atom is 0.225 e. The van der Waals surface area contributed by atoms with Crippen molar-refractivity contribution >= 4 is 5.95 Å². The maximum absolute atomic E-state index is 5.78. The summed E-state index contributed by atoms with van der Waals surface area (Å²) in [6.45, 7) is 2.75. The van der Waals surface area contributed by atoms with E-state index in [0.717, 1.165) is 37.6 Å². The third-order valence-corrected chi connectivity index (χ3v) is 3.59. The summed E-state index contributed by atoms with van der Waals surface area (Å²) in [6.07, 6.45) is 5.95. The summed E-state index contributed by atoms with van der Waals surface area (Å²) in [7, 11) is 0. The molecular weight excluding hydrogens is 200 g/mol. The molecule has 4 nitrogen and oxygen atoms in total. The van der Waals surface area contributed by atoms with Gasteiger partial charge in [0.25, 0.3) is 0 Å². The average Bonchev–Trinajstić information content (AvgIpc) is 2.97. The van der Waals surface area contributed by atoms with Crippen molar-refractivity contribution in [2.75, 3.05) is 18.0 Å². The fraction of sp³-hybridized carbons (Fsp3) is 0.667. The topological polar surface area (TPSA) is 55.0 Å². The van der Waals surface area contributed by atoms with Crippen LogP contribution in [0.15, 0.2) is 0 Å². The summed E-state index contributed by atoms with van der Waals surface area (Å²) in [5.41, 5.74) is 9.43. The van der Waals surface area contributed by atoms with Gasteiger partial charge in [-0.3, -0.25) is 0 Å². The van der Waals surface area contributed by atoms with Gasteiger partial charge >= 0.3 is 0 Å². The second kappa shape index (κ2) is 4.01. The first-order valence-corrected chi connectivity index (χ1v) is 6.22. The summed E-state index contributed by atoms with van der Waals surface area (Å²) in [5.74, 6) is 0.915. The Kier molecular flexibility index (Phi) is 2.52. The van der Waals surface area contributed by atoms with Crippen LogP contribution in [0, 0.1) is 0 Å². The highest BCUT2D eigenvalue weighted by molar-refractivity contribution is 5.40. The molecule has 3 rings (SSSR count). The van der Waals surface area contributed by atoms with Gasteiger partial charge in [0.2, 0.25) is 5.95 Å². The minimum atomic E-state index is 0.547. The van der Waals surface area contributed by atoms with E-state index in [2.05, 4.69) is 9.88 Å². The average molecular weight is 218 g/mol. The van der Waals surface area contributed by atoms with Crippen LogP contribution >= 0.6 is 0 Å². The van der Waals surface area contributed by atoms with E-state index in [1.807, 2.05) is 0 Å². The van der Waals surface area contributed by atoms with Gasteiger partial charge in [-0.2, -0.15) is 0 Å². The molecule has 0 atom stereocenters. The molecule has 0 radical (unpaired) electrons. The van der Waals surface area contributed by atoms with E-state index in [4.69, 9.17) is 10.7 Å². The Balaban J connectivity index is 2.00. The quantitative estimate of drug-likeness (QED) is 0.805. The number of nitrogens with two attached hydrogens (primary N) is 1. The fourth-order valence-corrected chi connectivity index (χ4v) is 2.72. The zero-order chi connectivity index (χ0) is 11.0. The predicted octanol–water partition coefficient (Wildman–Crippen LogP) is 1.02. The molecule has 1 saturated heterocycles. The Morgan fingerprint density at radius 1 is 1.06 bits per heavy atom. The number of aryl methyl sites for hydroxylation is 1. The van der Waals surface area contributed by atoms with E-state index in [1.54, 1.807) is 0 Å². The molecule has 2 aliphatic rings. The minimum absolute atomic E-state index is 0.547. The van der Waals surface area contributed by atoms with Crippen LogP contribution in [0.1, 0.15) is 36.2 Å². The van der Waals surface area contributed by atoms with Crippen molar-refractivity contribution in [2.24, 2.45) is 5.73 Å². The Morgan fingerprint density at radius 2 is 1.88 bits per heavy atom. The zero-order valence-corrected chi connectivity index (χ0v) is 9.58. The number of fused-ring (bicyclic) bond motifs is 1. The van der Waals surface area contributed by atoms with Gasteiger partial charge in [0, 0.05) is 25.3 Å². The third-order valence-electron chi connectivity index (χ3n) is 3.59. The van der Waals surface area contributed by atoms with E-state index < -0.39 is 0 Å². The fourth-order valence-electron chi connectivity index (χ4n) is 2.72. The molecule has 1 aromatic heterocycles. The Hall–Kier alpha value is -1.16. The molecule has 0 aromatic carbocycles. The number of nitrogens with zero attached hydrogens (tertiary/aromatic N) is 3. The van der Waals surface area contributed by atoms with Gasteiger partial charge < -0.3 is 10.6 Å². The van der Waals surface area contributed by atoms with Crippen molar-refractivity contribution in [3.05, 3.63) is 17.0 Å². The number of anilines is 1. The van der Waals surface area contributed by atoms with Crippen LogP contribution < -0.4 is 10.6 Å². The summed E-state index contributed by atoms with van der Waals surface area (Å²) >= 11 is 0. The molecule has 2 heterocycles. The molecule has 4 heteroatoms. The normalized spacial score (nSPS) is 19.2. The Morgan fingerprint density at radius 3 is 2.62 bits per heavy atom. The van der Waals surface area contributed by atoms with Crippen molar-refractivity contribution in [3.8, 4) is 0 Å². The van der Waals surface area contributed by atoms with Gasteiger partial charge in [0.1, 0.15) is 0 Å². The molecule has 1 aliphatic heterocycles. The standard InChI is InChI=1S/C12H18N4/c13-8-11-9-4-3-5-10(9)14-12(15-11)16-6-1-2-7-16/h1-8,13H2. The summed E-state index contributed by atoms with van der Waals surface area (Å²) in [6, 6.07) is 0. The number of rotatable bonds is 2. The van der Waals surface area contributed by atoms with Gasteiger partial charge in [0.05, 0.1) is 5.69 Å². The van der Waals surface area contributed by atoms with Crippen LogP contribution in [0.5, 0.6) is 0 Å². The van der Waals surface area contributed by atoms with Crippen molar-refractivity contribution in [1.82, 2.24) is 9.97 Å². The second-order valence-electron chi connectivity index (χ2n) is 4.65. The van der Waals surface area contributed by atoms with Gasteiger partial charge in [0.15, 0.2) is 0 Å². The summed E-state index contributed by atoms with van der Waals surface area (Å²) in [5, 5.41) is 0. The smallest absolute Gasteiger partial charge is 0.225 e. The van der Waals surface area contributed by atoms with Gasteiger partial charge in [-0.1, -0.05) is 0 Å². The Labute approximate surface area is 95.9 Å². The van der Waals surface area contributed by atoms with E-state index in [1.165, 1.54) is 30.5 Å². The molecule has 0 unspecified atom stereocenters. The molecule has 1 aliphatic carbocycles. The van der Waals surface area contributed by atoms with Crippen LogP contribution in [0.4, 0.5) is 5.95 Å². The van der Waals surface area contributed by atoms with Crippen molar-refractivity contribution in [3.63, 3.8) is 0 Å². The third kappa shape index (κ3) is 1.57. The molecule has 16 heavy (non-hydrogen) atoms. The highest BCUT2D eigenvalue weighted by Crippen LogP contribution is 2.26. The summed E-state index contributed by atoms with van der Waals surface area (Å²) < 4.78 is 0. The number of hydrogen-bond donors (Lipinski definition) is 1. The van der Waals surface area contributed by atoms with Crippen LogP contribution in [-0.4, -0.2) is 23.1 Å². The van der Waals surface area contributed by atoms with Crippen LogP contribution in [0.3, 0.4) is 0 Å². The van der Waals surface area contributed by atoms with Crippen molar-refractivity contribution < 1.29 is 0 Å². The summed E-state index contributed by atoms with van der Waals surface area (Å²) in [4.78, 5) is 11.6. The molecule has 0 spiro atoms. The van der Waals surface area contributed by atoms with E-state index in [9.17, 15) is 0 Å². The molecule has 0 bridgehead atoms. The first-order valence-electron chi connectivity index (χ1n) is 6.22. The molecule has 1 aromatic rings. The lowest BCUT2D eigenvalue weighted by molar-refractivity contribution is 0.846. The zero-order valence-electron chi connectivity index (χ0n) is 9.58. The first-order chi connectivity index (χ1) is 7.88. The maximum atomic E-state index is 5.78. The first kappa shape index (κ1) is 10.0. The lowest BCUT2D eigenvalue weighted by Gasteiger charge is -2.17. The lowest BCUT2D eigenvalue weighted by Crippen LogP contribution is -2.22. The van der Waals surface area contributed by atoms with Gasteiger partial charge in [-0.25, -0.2) is 9.97 Å². The highest BCUT2D eigenvalue weighted by Gasteiger charge is 2.22. The predicted molar refractivity (Wildman–Crippen MR) is 63.4 cm³/mol. The number of aromatic nitrogens is 2. The van der Waals surface area contributed by atoms with Crippen LogP contribution in [-0.2, 0) is 19.4 Å². The van der Waals surface area contributed by atoms with Crippen LogP contribution in [0.25, 0.3) is 0 Å². The van der Waals surface area contributed by atoms with Crippen LogP contribution in [0.2, 0.25) is 0 Å². The molecule has 0 saturated carbocycles. The van der Waals surface area contributed by atoms with E-state index in [0.29, 0.717) is 6.54 Å². The van der Waals surface area contributed by atoms with E-state index >= 15 is 0 Å². The van der Waals surface area contributed by atoms with Crippen molar-refractivity contribution in [1.29, 1.82) is 0 Å². The molecular formula is C12H18N4. The highest BCUT2D eigenvalue weighted by atomic mass is 15.3. The SMILES string of the molecule is NCc1nc(N2CCCC2)nc2c1CCC2. The monoisotopic (exact) mass is 218 g/mol. The molecule has 86 valence electrons. The lowest BCUT2D eigenvalue weighted by atomic mass is 10.2.